The van der Waals surface area contributed by atoms with Crippen LogP contribution in [0.4, 0.5) is 0 Å². The minimum absolute atomic E-state index is 0.320. The highest BCUT2D eigenvalue weighted by molar-refractivity contribution is 6.32. The number of ether oxygens (including phenoxy) is 10. The summed E-state index contributed by atoms with van der Waals surface area (Å²) in [5.74, 6) is 4.38. The van der Waals surface area contributed by atoms with Crippen LogP contribution in [0.15, 0.2) is 52.9 Å². The van der Waals surface area contributed by atoms with Crippen molar-refractivity contribution in [2.45, 2.75) is 0 Å². The van der Waals surface area contributed by atoms with Gasteiger partial charge in [-0.15, -0.1) is 0 Å². The zero-order valence-electron chi connectivity index (χ0n) is 28.7. The Morgan fingerprint density at radius 3 is 1.44 bits per heavy atom. The molecule has 12 nitrogen and oxygen atoms in total. The number of fused-ring (bicyclic) bond motifs is 9. The van der Waals surface area contributed by atoms with E-state index >= 15 is 0 Å². The van der Waals surface area contributed by atoms with Crippen molar-refractivity contribution in [2.75, 3.05) is 88.4 Å². The fourth-order valence-electron chi connectivity index (χ4n) is 6.28. The first-order valence-corrected chi connectivity index (χ1v) is 16.3. The lowest BCUT2D eigenvalue weighted by Gasteiger charge is -2.17. The third kappa shape index (κ3) is 6.21. The number of benzene rings is 5. The van der Waals surface area contributed by atoms with Crippen LogP contribution in [0.25, 0.3) is 54.9 Å². The van der Waals surface area contributed by atoms with Gasteiger partial charge in [0.25, 0.3) is 0 Å². The van der Waals surface area contributed by atoms with E-state index in [1.807, 2.05) is 48.5 Å². The zero-order chi connectivity index (χ0) is 34.6. The molecule has 0 N–H and O–H groups in total. The van der Waals surface area contributed by atoms with Crippen LogP contribution >= 0.6 is 0 Å². The van der Waals surface area contributed by atoms with Gasteiger partial charge in [0.15, 0.2) is 45.8 Å². The first-order chi connectivity index (χ1) is 24.6. The molecule has 6 aromatic rings. The van der Waals surface area contributed by atoms with Crippen molar-refractivity contribution in [2.24, 2.45) is 0 Å². The molecule has 12 heteroatoms. The molecule has 2 heterocycles. The first kappa shape index (κ1) is 33.3. The van der Waals surface area contributed by atoms with E-state index < -0.39 is 0 Å². The molecule has 7 rings (SSSR count). The molecule has 0 atom stereocenters. The largest absolute Gasteiger partial charge is 0.493 e. The van der Waals surface area contributed by atoms with Gasteiger partial charge in [0.1, 0.15) is 18.7 Å². The number of oxazole rings is 1. The topological polar surface area (TPSA) is 118 Å². The quantitative estimate of drug-likeness (QED) is 0.171. The lowest BCUT2D eigenvalue weighted by molar-refractivity contribution is 0.00708. The number of hydrogen-bond acceptors (Lipinski definition) is 12. The van der Waals surface area contributed by atoms with E-state index in [4.69, 9.17) is 56.8 Å². The first-order valence-electron chi connectivity index (χ1n) is 16.3. The second-order valence-electron chi connectivity index (χ2n) is 11.4. The second kappa shape index (κ2) is 14.8. The summed E-state index contributed by atoms with van der Waals surface area (Å²) in [6.07, 6.45) is 0. The minimum atomic E-state index is 0.320. The molecule has 0 saturated heterocycles. The molecule has 50 heavy (non-hydrogen) atoms. The van der Waals surface area contributed by atoms with Crippen LogP contribution in [0.2, 0.25) is 0 Å². The van der Waals surface area contributed by atoms with E-state index in [1.165, 1.54) is 0 Å². The van der Waals surface area contributed by atoms with Gasteiger partial charge in [0.05, 0.1) is 75.2 Å². The molecule has 0 bridgehead atoms. The molecule has 262 valence electrons. The summed E-state index contributed by atoms with van der Waals surface area (Å²) in [6, 6.07) is 15.4. The third-order valence-electron chi connectivity index (χ3n) is 8.65. The average Bonchev–Trinajstić information content (AvgIpc) is 3.60. The highest BCUT2D eigenvalue weighted by Gasteiger charge is 2.23. The number of hydrogen-bond donors (Lipinski definition) is 0. The number of aromatic nitrogens is 1. The Hall–Kier alpha value is -5.17. The summed E-state index contributed by atoms with van der Waals surface area (Å²) in [4.78, 5) is 5.11. The molecule has 1 aromatic heterocycles. The summed E-state index contributed by atoms with van der Waals surface area (Å²) in [6.45, 7) is 3.41. The summed E-state index contributed by atoms with van der Waals surface area (Å²) in [5.41, 5.74) is 1.80. The molecule has 0 saturated carbocycles. The van der Waals surface area contributed by atoms with Crippen LogP contribution in [-0.2, 0) is 14.2 Å². The Bertz CT molecular complexity index is 2120. The third-order valence-corrected chi connectivity index (χ3v) is 8.65. The lowest BCUT2D eigenvalue weighted by atomic mass is 9.92. The highest BCUT2D eigenvalue weighted by atomic mass is 16.6. The molecule has 0 unspecified atom stereocenters. The van der Waals surface area contributed by atoms with Crippen molar-refractivity contribution in [3.05, 3.63) is 48.5 Å². The van der Waals surface area contributed by atoms with Crippen molar-refractivity contribution in [1.29, 1.82) is 0 Å². The van der Waals surface area contributed by atoms with Gasteiger partial charge in [-0.2, -0.15) is 0 Å². The zero-order valence-corrected chi connectivity index (χ0v) is 28.7. The van der Waals surface area contributed by atoms with E-state index in [9.17, 15) is 0 Å². The van der Waals surface area contributed by atoms with Crippen LogP contribution in [0, 0.1) is 0 Å². The smallest absolute Gasteiger partial charge is 0.227 e. The second-order valence-corrected chi connectivity index (χ2v) is 11.4. The standard InChI is InChI=1S/C38H39NO11/c1-40-29-17-23-24-18-31(42-3)32(43-4)20-26(24)35-27(25(23)19-30(29)41-2)21-34(44-5)37-36(35)39-38(50-37)22-6-7-28-33(16-22)49-15-13-47-11-9-45-8-10-46-12-14-48-28/h6-7,16-21H,8-15H2,1-5H3. The van der Waals surface area contributed by atoms with E-state index in [0.29, 0.717) is 116 Å². The Morgan fingerprint density at radius 1 is 0.480 bits per heavy atom. The van der Waals surface area contributed by atoms with Gasteiger partial charge in [-0.25, -0.2) is 4.98 Å². The van der Waals surface area contributed by atoms with Crippen LogP contribution in [0.5, 0.6) is 40.2 Å². The Morgan fingerprint density at radius 2 is 0.920 bits per heavy atom. The van der Waals surface area contributed by atoms with Crippen molar-refractivity contribution in [3.8, 4) is 51.7 Å². The van der Waals surface area contributed by atoms with Crippen LogP contribution in [0.3, 0.4) is 0 Å². The van der Waals surface area contributed by atoms with Gasteiger partial charge >= 0.3 is 0 Å². The van der Waals surface area contributed by atoms with Crippen molar-refractivity contribution in [1.82, 2.24) is 4.98 Å². The summed E-state index contributed by atoms with van der Waals surface area (Å²) >= 11 is 0. The lowest BCUT2D eigenvalue weighted by Crippen LogP contribution is -2.13. The summed E-state index contributed by atoms with van der Waals surface area (Å²) in [7, 11) is 8.08. The number of nitrogens with zero attached hydrogens (tertiary/aromatic N) is 1. The van der Waals surface area contributed by atoms with Gasteiger partial charge in [0.2, 0.25) is 5.89 Å². The normalized spacial score (nSPS) is 14.7. The van der Waals surface area contributed by atoms with E-state index in [0.717, 1.165) is 32.3 Å². The maximum atomic E-state index is 6.51. The minimum Gasteiger partial charge on any atom is -0.493 e. The molecule has 1 aliphatic heterocycles. The Kier molecular flexibility index (Phi) is 9.83. The van der Waals surface area contributed by atoms with E-state index in [1.54, 1.807) is 35.5 Å². The van der Waals surface area contributed by atoms with Crippen molar-refractivity contribution < 1.29 is 51.8 Å². The molecule has 5 aromatic carbocycles. The number of rotatable bonds is 6. The highest BCUT2D eigenvalue weighted by Crippen LogP contribution is 2.48. The molecule has 0 spiro atoms. The maximum Gasteiger partial charge on any atom is 0.227 e. The van der Waals surface area contributed by atoms with Gasteiger partial charge in [0, 0.05) is 10.9 Å². The fourth-order valence-corrected chi connectivity index (χ4v) is 6.28. The van der Waals surface area contributed by atoms with E-state index in [-0.39, 0.29) is 0 Å². The van der Waals surface area contributed by atoms with Gasteiger partial charge < -0.3 is 51.8 Å². The molecule has 0 aliphatic carbocycles. The van der Waals surface area contributed by atoms with Crippen LogP contribution < -0.4 is 33.2 Å². The fraction of sp³-hybridized carbons (Fsp3) is 0.342. The van der Waals surface area contributed by atoms with E-state index in [2.05, 4.69) is 0 Å². The predicted octanol–water partition coefficient (Wildman–Crippen LogP) is 6.82. The summed E-state index contributed by atoms with van der Waals surface area (Å²) in [5, 5.41) is 5.36. The van der Waals surface area contributed by atoms with Crippen LogP contribution in [-0.4, -0.2) is 93.4 Å². The maximum absolute atomic E-state index is 6.51. The molecule has 1 aliphatic rings. The monoisotopic (exact) mass is 685 g/mol. The number of methoxy groups -OCH3 is 5. The van der Waals surface area contributed by atoms with Crippen LogP contribution in [0.1, 0.15) is 0 Å². The van der Waals surface area contributed by atoms with Gasteiger partial charge in [-0.1, -0.05) is 0 Å². The van der Waals surface area contributed by atoms with Crippen molar-refractivity contribution in [3.63, 3.8) is 0 Å². The predicted molar refractivity (Wildman–Crippen MR) is 188 cm³/mol. The molecule has 0 amide bonds. The van der Waals surface area contributed by atoms with Gasteiger partial charge in [-0.3, -0.25) is 0 Å². The summed E-state index contributed by atoms with van der Waals surface area (Å²) < 4.78 is 64.3. The SMILES string of the molecule is COc1cc2c3cc(OC)c(OC)cc3c3c(cc(OC)c4oc(-c5ccc6c(c5)OCCOCCOCCOCCO6)nc43)c2cc1OC. The Balaban J connectivity index is 1.43. The molecule has 0 radical (unpaired) electrons. The van der Waals surface area contributed by atoms with Crippen molar-refractivity contribution >= 4 is 43.4 Å². The van der Waals surface area contributed by atoms with Gasteiger partial charge in [-0.05, 0) is 75.5 Å². The Labute approximate surface area is 288 Å². The molecular formula is C38H39NO11. The molecule has 0 fully saturated rings. The average molecular weight is 686 g/mol. The molecular weight excluding hydrogens is 646 g/mol.